The normalized spacial score (nSPS) is 10.8. The first-order valence-corrected chi connectivity index (χ1v) is 13.7. The Bertz CT molecular complexity index is 508. The van der Waals surface area contributed by atoms with Crippen LogP contribution in [0.2, 0.25) is 0 Å². The zero-order chi connectivity index (χ0) is 14.5. The third-order valence-electron chi connectivity index (χ3n) is 3.24. The maximum absolute atomic E-state index is 12.1. The standard InChI is InChI=1S/C13H20O2S.I2/c1-6-7-16(14,15)13-8-9(2)10(3)11(4)12(13)5;1-2/h8H,6-7H2,1-5H3;. The molecular weight excluding hydrogens is 474 g/mol. The van der Waals surface area contributed by atoms with Crippen molar-refractivity contribution >= 4 is 47.1 Å². The third kappa shape index (κ3) is 4.33. The van der Waals surface area contributed by atoms with E-state index in [2.05, 4.69) is 37.2 Å². The van der Waals surface area contributed by atoms with E-state index in [0.29, 0.717) is 11.3 Å². The molecule has 0 bridgehead atoms. The molecule has 0 N–H and O–H groups in total. The molecular formula is C13H20I2O2S. The van der Waals surface area contributed by atoms with Crippen molar-refractivity contribution in [3.63, 3.8) is 0 Å². The van der Waals surface area contributed by atoms with Gasteiger partial charge in [-0.1, -0.05) is 6.92 Å². The Labute approximate surface area is 134 Å². The topological polar surface area (TPSA) is 34.1 Å². The molecule has 0 radical (unpaired) electrons. The van der Waals surface area contributed by atoms with Crippen molar-refractivity contribution in [3.8, 4) is 0 Å². The van der Waals surface area contributed by atoms with Crippen LogP contribution in [0.3, 0.4) is 0 Å². The lowest BCUT2D eigenvalue weighted by atomic mass is 10.00. The fourth-order valence-electron chi connectivity index (χ4n) is 1.88. The first-order valence-electron chi connectivity index (χ1n) is 5.75. The molecule has 0 heterocycles. The summed E-state index contributed by atoms with van der Waals surface area (Å²) in [6, 6.07) is 1.81. The molecule has 1 aromatic rings. The molecule has 0 aliphatic rings. The smallest absolute Gasteiger partial charge is 0.178 e. The Balaban J connectivity index is 0.00000137. The van der Waals surface area contributed by atoms with Gasteiger partial charge in [-0.2, -0.15) is 0 Å². The van der Waals surface area contributed by atoms with Gasteiger partial charge in [0.25, 0.3) is 0 Å². The molecule has 0 aliphatic heterocycles. The van der Waals surface area contributed by atoms with Crippen LogP contribution in [-0.4, -0.2) is 14.2 Å². The fraction of sp³-hybridized carbons (Fsp3) is 0.538. The van der Waals surface area contributed by atoms with Gasteiger partial charge in [0.1, 0.15) is 0 Å². The Kier molecular flexibility index (Phi) is 8.32. The number of rotatable bonds is 3. The summed E-state index contributed by atoms with van der Waals surface area (Å²) in [5, 5.41) is 0. The maximum atomic E-state index is 12.1. The summed E-state index contributed by atoms with van der Waals surface area (Å²) in [6.07, 6.45) is 0.660. The van der Waals surface area contributed by atoms with E-state index in [1.165, 1.54) is 5.56 Å². The number of aryl methyl sites for hydroxylation is 1. The van der Waals surface area contributed by atoms with Crippen LogP contribution >= 0.6 is 37.2 Å². The van der Waals surface area contributed by atoms with Crippen molar-refractivity contribution in [2.24, 2.45) is 0 Å². The van der Waals surface area contributed by atoms with E-state index in [9.17, 15) is 8.42 Å². The highest BCUT2D eigenvalue weighted by Crippen LogP contribution is 2.25. The predicted octanol–water partition coefficient (Wildman–Crippen LogP) is 4.88. The number of halogens is 2. The summed E-state index contributed by atoms with van der Waals surface area (Å²) >= 11 is 4.24. The van der Waals surface area contributed by atoms with Crippen molar-refractivity contribution in [2.75, 3.05) is 5.75 Å². The van der Waals surface area contributed by atoms with Crippen LogP contribution in [0.5, 0.6) is 0 Å². The Morgan fingerprint density at radius 1 is 1.00 bits per heavy atom. The zero-order valence-electron chi connectivity index (χ0n) is 11.5. The van der Waals surface area contributed by atoms with Gasteiger partial charge in [-0.3, -0.25) is 0 Å². The van der Waals surface area contributed by atoms with Crippen LogP contribution in [0.4, 0.5) is 0 Å². The Hall–Kier alpha value is 0.630. The van der Waals surface area contributed by atoms with Gasteiger partial charge in [0, 0.05) is 37.2 Å². The number of hydrogen-bond acceptors (Lipinski definition) is 2. The van der Waals surface area contributed by atoms with Crippen LogP contribution < -0.4 is 0 Å². The molecule has 0 spiro atoms. The Morgan fingerprint density at radius 2 is 1.50 bits per heavy atom. The van der Waals surface area contributed by atoms with Crippen LogP contribution in [0.1, 0.15) is 35.6 Å². The van der Waals surface area contributed by atoms with Gasteiger partial charge in [0.05, 0.1) is 10.6 Å². The van der Waals surface area contributed by atoms with E-state index in [1.807, 2.05) is 40.7 Å². The van der Waals surface area contributed by atoms with Gasteiger partial charge in [-0.15, -0.1) is 0 Å². The minimum Gasteiger partial charge on any atom is -0.224 e. The first kappa shape index (κ1) is 18.6. The summed E-state index contributed by atoms with van der Waals surface area (Å²) in [6.45, 7) is 9.77. The third-order valence-corrected chi connectivity index (χ3v) is 5.28. The molecule has 2 nitrogen and oxygen atoms in total. The van der Waals surface area contributed by atoms with Crippen molar-refractivity contribution in [1.29, 1.82) is 0 Å². The van der Waals surface area contributed by atoms with E-state index in [0.717, 1.165) is 16.7 Å². The molecule has 0 aliphatic carbocycles. The number of benzene rings is 1. The molecule has 0 saturated carbocycles. The van der Waals surface area contributed by atoms with Crippen molar-refractivity contribution in [3.05, 3.63) is 28.3 Å². The lowest BCUT2D eigenvalue weighted by Crippen LogP contribution is -2.10. The van der Waals surface area contributed by atoms with Crippen LogP contribution in [0, 0.1) is 27.7 Å². The maximum Gasteiger partial charge on any atom is 0.178 e. The van der Waals surface area contributed by atoms with Gasteiger partial charge < -0.3 is 0 Å². The van der Waals surface area contributed by atoms with Gasteiger partial charge in [0.2, 0.25) is 0 Å². The quantitative estimate of drug-likeness (QED) is 0.562. The highest BCUT2D eigenvalue weighted by molar-refractivity contribution is 15.0. The summed E-state index contributed by atoms with van der Waals surface area (Å²) in [7, 11) is -3.10. The largest absolute Gasteiger partial charge is 0.224 e. The van der Waals surface area contributed by atoms with Gasteiger partial charge in [-0.05, 0) is 62.4 Å². The molecule has 0 saturated heterocycles. The van der Waals surface area contributed by atoms with Gasteiger partial charge in [-0.25, -0.2) is 8.42 Å². The molecule has 5 heteroatoms. The predicted molar refractivity (Wildman–Crippen MR) is 95.8 cm³/mol. The van der Waals surface area contributed by atoms with Crippen molar-refractivity contribution in [2.45, 2.75) is 45.9 Å². The highest BCUT2D eigenvalue weighted by Gasteiger charge is 2.18. The molecule has 1 aromatic carbocycles. The minimum absolute atomic E-state index is 0.232. The first-order chi connectivity index (χ1) is 8.31. The monoisotopic (exact) mass is 494 g/mol. The van der Waals surface area contributed by atoms with E-state index in [-0.39, 0.29) is 5.75 Å². The van der Waals surface area contributed by atoms with Crippen LogP contribution in [0.15, 0.2) is 11.0 Å². The second kappa shape index (κ2) is 8.04. The second-order valence-electron chi connectivity index (χ2n) is 4.39. The highest BCUT2D eigenvalue weighted by atomic mass is 128. The molecule has 104 valence electrons. The lowest BCUT2D eigenvalue weighted by molar-refractivity contribution is 0.594. The molecule has 0 fully saturated rings. The molecule has 0 aromatic heterocycles. The molecule has 0 unspecified atom stereocenters. The minimum atomic E-state index is -3.10. The summed E-state index contributed by atoms with van der Waals surface area (Å²) in [5.41, 5.74) is 4.23. The second-order valence-corrected chi connectivity index (χ2v) is 6.46. The van der Waals surface area contributed by atoms with Crippen LogP contribution in [0.25, 0.3) is 0 Å². The van der Waals surface area contributed by atoms with Crippen molar-refractivity contribution in [1.82, 2.24) is 0 Å². The van der Waals surface area contributed by atoms with E-state index < -0.39 is 9.84 Å². The van der Waals surface area contributed by atoms with E-state index in [4.69, 9.17) is 0 Å². The summed E-state index contributed by atoms with van der Waals surface area (Å²) < 4.78 is 24.1. The van der Waals surface area contributed by atoms with Gasteiger partial charge in [0.15, 0.2) is 9.84 Å². The number of sulfone groups is 1. The fourth-order valence-corrected chi connectivity index (χ4v) is 3.61. The average molecular weight is 494 g/mol. The lowest BCUT2D eigenvalue weighted by Gasteiger charge is -2.14. The molecule has 18 heavy (non-hydrogen) atoms. The average Bonchev–Trinajstić information content (AvgIpc) is 2.33. The summed E-state index contributed by atoms with van der Waals surface area (Å²) in [5.74, 6) is 0.232. The van der Waals surface area contributed by atoms with Crippen LogP contribution in [-0.2, 0) is 9.84 Å². The SMILES string of the molecule is CCCS(=O)(=O)c1cc(C)c(C)c(C)c1C.II. The molecule has 0 amide bonds. The van der Waals surface area contributed by atoms with Gasteiger partial charge >= 0.3 is 0 Å². The molecule has 0 atom stereocenters. The Morgan fingerprint density at radius 3 is 1.94 bits per heavy atom. The van der Waals surface area contributed by atoms with Crippen molar-refractivity contribution < 1.29 is 8.42 Å². The number of hydrogen-bond donors (Lipinski definition) is 0. The molecule has 1 rings (SSSR count). The summed E-state index contributed by atoms with van der Waals surface area (Å²) in [4.78, 5) is 0.509. The van der Waals surface area contributed by atoms with E-state index >= 15 is 0 Å². The zero-order valence-corrected chi connectivity index (χ0v) is 16.6. The van der Waals surface area contributed by atoms with E-state index in [1.54, 1.807) is 0 Å².